The van der Waals surface area contributed by atoms with Gasteiger partial charge in [0, 0.05) is 38.8 Å². The topological polar surface area (TPSA) is 91.1 Å². The number of nitrogens with one attached hydrogen (secondary N) is 1. The average molecular weight is 381 g/mol. The molecule has 1 amide bonds. The number of amides is 1. The lowest BCUT2D eigenvalue weighted by molar-refractivity contribution is -0.384. The number of rotatable bonds is 5. The number of carbonyl (C=O) groups excluding carboxylic acids is 1. The highest BCUT2D eigenvalue weighted by atomic mass is 16.6. The molecule has 8 heteroatoms. The third kappa shape index (κ3) is 4.72. The molecule has 0 atom stereocenters. The molecule has 3 rings (SSSR count). The molecule has 0 radical (unpaired) electrons. The summed E-state index contributed by atoms with van der Waals surface area (Å²) in [7, 11) is 3.96. The Morgan fingerprint density at radius 2 is 1.93 bits per heavy atom. The van der Waals surface area contributed by atoms with Crippen LogP contribution in [0.15, 0.2) is 53.5 Å². The van der Waals surface area contributed by atoms with Gasteiger partial charge in [-0.3, -0.25) is 19.8 Å². The normalized spacial score (nSPS) is 16.2. The summed E-state index contributed by atoms with van der Waals surface area (Å²) in [4.78, 5) is 32.3. The molecule has 1 aliphatic rings. The third-order valence-corrected chi connectivity index (χ3v) is 4.65. The maximum absolute atomic E-state index is 12.8. The van der Waals surface area contributed by atoms with Gasteiger partial charge in [0.2, 0.25) is 0 Å². The number of likely N-dealkylation sites (N-methyl/N-ethyl adjacent to an activating group) is 2. The second kappa shape index (κ2) is 8.62. The van der Waals surface area contributed by atoms with Gasteiger partial charge in [0.1, 0.15) is 5.84 Å². The molecule has 0 aromatic heterocycles. The molecule has 0 bridgehead atoms. The highest BCUT2D eigenvalue weighted by Gasteiger charge is 2.20. The van der Waals surface area contributed by atoms with Gasteiger partial charge in [0.15, 0.2) is 0 Å². The molecule has 2 aromatic carbocycles. The summed E-state index contributed by atoms with van der Waals surface area (Å²) >= 11 is 0. The predicted octanol–water partition coefficient (Wildman–Crippen LogP) is 2.43. The van der Waals surface area contributed by atoms with Gasteiger partial charge >= 0.3 is 0 Å². The molecule has 1 fully saturated rings. The van der Waals surface area contributed by atoms with Crippen LogP contribution in [-0.2, 0) is 6.54 Å². The second-order valence-corrected chi connectivity index (χ2v) is 6.81. The Balaban J connectivity index is 1.89. The number of piperazine rings is 1. The minimum absolute atomic E-state index is 0.136. The molecular formula is C20H23N5O3. The fourth-order valence-electron chi connectivity index (χ4n) is 2.94. The maximum Gasteiger partial charge on any atom is 0.270 e. The van der Waals surface area contributed by atoms with Gasteiger partial charge in [0.05, 0.1) is 22.7 Å². The van der Waals surface area contributed by atoms with Crippen molar-refractivity contribution in [2.24, 2.45) is 4.99 Å². The van der Waals surface area contributed by atoms with Crippen molar-refractivity contribution in [3.05, 3.63) is 69.8 Å². The van der Waals surface area contributed by atoms with E-state index in [9.17, 15) is 14.9 Å². The van der Waals surface area contributed by atoms with E-state index < -0.39 is 10.8 Å². The Labute approximate surface area is 163 Å². The van der Waals surface area contributed by atoms with Crippen molar-refractivity contribution >= 4 is 23.1 Å². The van der Waals surface area contributed by atoms with E-state index in [-0.39, 0.29) is 11.3 Å². The van der Waals surface area contributed by atoms with Crippen LogP contribution in [-0.4, -0.2) is 60.2 Å². The van der Waals surface area contributed by atoms with Crippen molar-refractivity contribution in [2.75, 3.05) is 33.7 Å². The number of nitro groups is 1. The number of non-ortho nitro benzene ring substituents is 1. The molecule has 0 spiro atoms. The molecule has 0 saturated carbocycles. The van der Waals surface area contributed by atoms with Crippen molar-refractivity contribution in [1.82, 2.24) is 15.1 Å². The molecule has 0 unspecified atom stereocenters. The van der Waals surface area contributed by atoms with E-state index in [0.29, 0.717) is 18.8 Å². The second-order valence-electron chi connectivity index (χ2n) is 6.81. The standard InChI is InChI=1S/C20H23N5O3/c1-23-10-11-24(2)19(14-23)22-18-9-8-16(25(27)28)12-17(18)20(26)21-13-15-6-4-3-5-7-15/h3-9,12H,10-11,13-14H2,1-2H3,(H,21,26)/b22-19+. The van der Waals surface area contributed by atoms with Crippen molar-refractivity contribution in [1.29, 1.82) is 0 Å². The number of nitrogens with zero attached hydrogens (tertiary/aromatic N) is 4. The predicted molar refractivity (Wildman–Crippen MR) is 108 cm³/mol. The van der Waals surface area contributed by atoms with E-state index in [1.807, 2.05) is 49.3 Å². The zero-order chi connectivity index (χ0) is 20.1. The van der Waals surface area contributed by atoms with Gasteiger partial charge in [-0.05, 0) is 18.7 Å². The summed E-state index contributed by atoms with van der Waals surface area (Å²) in [5, 5.41) is 14.0. The minimum Gasteiger partial charge on any atom is -0.361 e. The Kier molecular flexibility index (Phi) is 6.00. The number of nitro benzene ring substituents is 1. The first-order valence-electron chi connectivity index (χ1n) is 9.02. The number of amidine groups is 1. The maximum atomic E-state index is 12.8. The number of hydrogen-bond acceptors (Lipinski definition) is 5. The summed E-state index contributed by atoms with van der Waals surface area (Å²) in [6.45, 7) is 2.75. The van der Waals surface area contributed by atoms with Gasteiger partial charge in [0.25, 0.3) is 11.6 Å². The van der Waals surface area contributed by atoms with Crippen LogP contribution in [0.4, 0.5) is 11.4 Å². The van der Waals surface area contributed by atoms with E-state index in [1.54, 1.807) is 0 Å². The molecule has 1 saturated heterocycles. The average Bonchev–Trinajstić information content (AvgIpc) is 2.70. The lowest BCUT2D eigenvalue weighted by Gasteiger charge is -2.32. The van der Waals surface area contributed by atoms with Crippen LogP contribution in [0.1, 0.15) is 15.9 Å². The molecule has 146 valence electrons. The van der Waals surface area contributed by atoms with Crippen molar-refractivity contribution < 1.29 is 9.72 Å². The molecule has 1 heterocycles. The summed E-state index contributed by atoms with van der Waals surface area (Å²) in [6, 6.07) is 13.7. The minimum atomic E-state index is -0.509. The van der Waals surface area contributed by atoms with Crippen LogP contribution in [0, 0.1) is 10.1 Å². The van der Waals surface area contributed by atoms with Gasteiger partial charge in [-0.1, -0.05) is 30.3 Å². The summed E-state index contributed by atoms with van der Waals surface area (Å²) in [5.41, 5.74) is 1.43. The van der Waals surface area contributed by atoms with Crippen LogP contribution >= 0.6 is 0 Å². The van der Waals surface area contributed by atoms with Crippen LogP contribution in [0.25, 0.3) is 0 Å². The van der Waals surface area contributed by atoms with Gasteiger partial charge in [-0.2, -0.15) is 0 Å². The van der Waals surface area contributed by atoms with Crippen LogP contribution in [0.5, 0.6) is 0 Å². The molecule has 28 heavy (non-hydrogen) atoms. The van der Waals surface area contributed by atoms with Crippen LogP contribution in [0.2, 0.25) is 0 Å². The number of aliphatic imine (C=N–C) groups is 1. The molecule has 1 N–H and O–H groups in total. The highest BCUT2D eigenvalue weighted by molar-refractivity contribution is 6.01. The van der Waals surface area contributed by atoms with Crippen molar-refractivity contribution in [3.63, 3.8) is 0 Å². The Bertz CT molecular complexity index is 898. The lowest BCUT2D eigenvalue weighted by Crippen LogP contribution is -2.46. The first-order chi connectivity index (χ1) is 13.4. The van der Waals surface area contributed by atoms with Crippen LogP contribution < -0.4 is 5.32 Å². The molecule has 1 aliphatic heterocycles. The van der Waals surface area contributed by atoms with E-state index in [0.717, 1.165) is 24.5 Å². The van der Waals surface area contributed by atoms with Gasteiger partial charge in [-0.15, -0.1) is 0 Å². The fraction of sp³-hybridized carbons (Fsp3) is 0.300. The van der Waals surface area contributed by atoms with Gasteiger partial charge < -0.3 is 10.2 Å². The lowest BCUT2D eigenvalue weighted by atomic mass is 10.1. The summed E-state index contributed by atoms with van der Waals surface area (Å²) < 4.78 is 0. The molecule has 8 nitrogen and oxygen atoms in total. The highest BCUT2D eigenvalue weighted by Crippen LogP contribution is 2.25. The fourth-order valence-corrected chi connectivity index (χ4v) is 2.94. The number of hydrogen-bond donors (Lipinski definition) is 1. The SMILES string of the molecule is CN1CCN(C)/C(=N/c2ccc([N+](=O)[O-])cc2C(=O)NCc2ccccc2)C1. The van der Waals surface area contributed by atoms with Gasteiger partial charge in [-0.25, -0.2) is 4.99 Å². The smallest absolute Gasteiger partial charge is 0.270 e. The zero-order valence-corrected chi connectivity index (χ0v) is 16.0. The van der Waals surface area contributed by atoms with Crippen molar-refractivity contribution in [3.8, 4) is 0 Å². The summed E-state index contributed by atoms with van der Waals surface area (Å²) in [5.74, 6) is 0.429. The van der Waals surface area contributed by atoms with E-state index in [2.05, 4.69) is 15.2 Å². The van der Waals surface area contributed by atoms with E-state index >= 15 is 0 Å². The monoisotopic (exact) mass is 381 g/mol. The van der Waals surface area contributed by atoms with Crippen molar-refractivity contribution in [2.45, 2.75) is 6.54 Å². The Hall–Kier alpha value is -3.26. The Morgan fingerprint density at radius 3 is 2.64 bits per heavy atom. The molecule has 2 aromatic rings. The Morgan fingerprint density at radius 1 is 1.18 bits per heavy atom. The third-order valence-electron chi connectivity index (χ3n) is 4.65. The first kappa shape index (κ1) is 19.5. The zero-order valence-electron chi connectivity index (χ0n) is 16.0. The summed E-state index contributed by atoms with van der Waals surface area (Å²) in [6.07, 6.45) is 0. The van der Waals surface area contributed by atoms with E-state index in [1.165, 1.54) is 18.2 Å². The van der Waals surface area contributed by atoms with Crippen LogP contribution in [0.3, 0.4) is 0 Å². The number of benzene rings is 2. The van der Waals surface area contributed by atoms with E-state index in [4.69, 9.17) is 0 Å². The largest absolute Gasteiger partial charge is 0.361 e. The molecular weight excluding hydrogens is 358 g/mol. The molecule has 0 aliphatic carbocycles. The first-order valence-corrected chi connectivity index (χ1v) is 9.02. The number of carbonyl (C=O) groups is 1. The quantitative estimate of drug-likeness (QED) is 0.634.